The molecule has 3 rings (SSSR count). The van der Waals surface area contributed by atoms with Crippen molar-refractivity contribution >= 4 is 11.7 Å². The Balaban J connectivity index is 1.31. The van der Waals surface area contributed by atoms with Gasteiger partial charge in [0.05, 0.1) is 19.0 Å². The molecule has 2 N–H and O–H groups in total. The van der Waals surface area contributed by atoms with E-state index < -0.39 is 0 Å². The van der Waals surface area contributed by atoms with Crippen molar-refractivity contribution in [3.05, 3.63) is 54.2 Å². The zero-order valence-electron chi connectivity index (χ0n) is 15.7. The molecule has 1 aromatic heterocycles. The van der Waals surface area contributed by atoms with Crippen molar-refractivity contribution in [3.63, 3.8) is 0 Å². The SMILES string of the molecule is COc1ccc(NC(=O)NCCN2CCN(Cc3ccccc3)CC2)cn1. The maximum atomic E-state index is 12.0. The lowest BCUT2D eigenvalue weighted by molar-refractivity contribution is 0.128. The zero-order valence-corrected chi connectivity index (χ0v) is 15.7. The van der Waals surface area contributed by atoms with Gasteiger partial charge in [0, 0.05) is 51.9 Å². The molecule has 7 nitrogen and oxygen atoms in total. The number of hydrogen-bond acceptors (Lipinski definition) is 5. The summed E-state index contributed by atoms with van der Waals surface area (Å²) < 4.78 is 5.00. The van der Waals surface area contributed by atoms with Crippen LogP contribution in [0.5, 0.6) is 5.88 Å². The van der Waals surface area contributed by atoms with Crippen LogP contribution in [-0.2, 0) is 6.54 Å². The van der Waals surface area contributed by atoms with E-state index in [1.165, 1.54) is 5.56 Å². The van der Waals surface area contributed by atoms with Crippen LogP contribution in [0, 0.1) is 0 Å². The third-order valence-corrected chi connectivity index (χ3v) is 4.63. The molecule has 0 radical (unpaired) electrons. The van der Waals surface area contributed by atoms with Crippen LogP contribution in [0.25, 0.3) is 0 Å². The van der Waals surface area contributed by atoms with Crippen LogP contribution in [0.1, 0.15) is 5.56 Å². The van der Waals surface area contributed by atoms with Gasteiger partial charge < -0.3 is 15.4 Å². The van der Waals surface area contributed by atoms with E-state index in [1.54, 1.807) is 25.4 Å². The van der Waals surface area contributed by atoms with Crippen molar-refractivity contribution in [2.75, 3.05) is 51.7 Å². The van der Waals surface area contributed by atoms with E-state index in [-0.39, 0.29) is 6.03 Å². The summed E-state index contributed by atoms with van der Waals surface area (Å²) in [7, 11) is 1.56. The number of nitrogens with one attached hydrogen (secondary N) is 2. The summed E-state index contributed by atoms with van der Waals surface area (Å²) in [5.41, 5.74) is 2.00. The summed E-state index contributed by atoms with van der Waals surface area (Å²) >= 11 is 0. The van der Waals surface area contributed by atoms with Crippen LogP contribution in [0.15, 0.2) is 48.7 Å². The number of carbonyl (C=O) groups is 1. The van der Waals surface area contributed by atoms with Crippen LogP contribution < -0.4 is 15.4 Å². The van der Waals surface area contributed by atoms with Crippen LogP contribution in [0.4, 0.5) is 10.5 Å². The highest BCUT2D eigenvalue weighted by atomic mass is 16.5. The normalized spacial score (nSPS) is 15.3. The monoisotopic (exact) mass is 369 g/mol. The number of nitrogens with zero attached hydrogens (tertiary/aromatic N) is 3. The van der Waals surface area contributed by atoms with Gasteiger partial charge in [-0.3, -0.25) is 9.80 Å². The predicted octanol–water partition coefficient (Wildman–Crippen LogP) is 2.03. The number of carbonyl (C=O) groups excluding carboxylic acids is 1. The molecular weight excluding hydrogens is 342 g/mol. The lowest BCUT2D eigenvalue weighted by Crippen LogP contribution is -2.48. The molecule has 7 heteroatoms. The number of anilines is 1. The number of ether oxygens (including phenoxy) is 1. The highest BCUT2D eigenvalue weighted by molar-refractivity contribution is 5.88. The van der Waals surface area contributed by atoms with Crippen molar-refractivity contribution in [1.82, 2.24) is 20.1 Å². The minimum Gasteiger partial charge on any atom is -0.481 e. The Bertz CT molecular complexity index is 700. The topological polar surface area (TPSA) is 69.7 Å². The molecule has 1 aliphatic rings. The second-order valence-corrected chi connectivity index (χ2v) is 6.57. The van der Waals surface area contributed by atoms with Gasteiger partial charge in [0.25, 0.3) is 0 Å². The molecular formula is C20H27N5O2. The maximum Gasteiger partial charge on any atom is 0.319 e. The molecule has 1 fully saturated rings. The number of urea groups is 1. The molecule has 0 atom stereocenters. The molecule has 2 heterocycles. The van der Waals surface area contributed by atoms with Crippen LogP contribution in [-0.4, -0.2) is 67.2 Å². The average Bonchev–Trinajstić information content (AvgIpc) is 2.71. The second-order valence-electron chi connectivity index (χ2n) is 6.57. The van der Waals surface area contributed by atoms with E-state index in [0.717, 1.165) is 39.3 Å². The van der Waals surface area contributed by atoms with Gasteiger partial charge in [-0.25, -0.2) is 9.78 Å². The molecule has 0 spiro atoms. The molecule has 0 unspecified atom stereocenters. The number of piperazine rings is 1. The van der Waals surface area contributed by atoms with Crippen molar-refractivity contribution in [2.24, 2.45) is 0 Å². The minimum absolute atomic E-state index is 0.218. The third kappa shape index (κ3) is 6.23. The number of benzene rings is 1. The maximum absolute atomic E-state index is 12.0. The van der Waals surface area contributed by atoms with E-state index in [1.807, 2.05) is 0 Å². The van der Waals surface area contributed by atoms with E-state index in [4.69, 9.17) is 4.74 Å². The van der Waals surface area contributed by atoms with Gasteiger partial charge >= 0.3 is 6.03 Å². The standard InChI is InChI=1S/C20H27N5O2/c1-27-19-8-7-18(15-22-19)23-20(26)21-9-10-24-11-13-25(14-12-24)16-17-5-3-2-4-6-17/h2-8,15H,9-14,16H2,1H3,(H2,21,23,26). The van der Waals surface area contributed by atoms with Crippen LogP contribution in [0.2, 0.25) is 0 Å². The molecule has 1 aliphatic heterocycles. The number of rotatable bonds is 7. The molecule has 2 aromatic rings. The number of hydrogen-bond donors (Lipinski definition) is 2. The molecule has 1 aromatic carbocycles. The lowest BCUT2D eigenvalue weighted by Gasteiger charge is -2.34. The van der Waals surface area contributed by atoms with E-state index in [9.17, 15) is 4.79 Å². The first kappa shape index (κ1) is 19.1. The number of methoxy groups -OCH3 is 1. The number of amides is 2. The molecule has 0 saturated carbocycles. The largest absolute Gasteiger partial charge is 0.481 e. The number of aromatic nitrogens is 1. The first-order valence-electron chi connectivity index (χ1n) is 9.26. The van der Waals surface area contributed by atoms with Crippen molar-refractivity contribution in [1.29, 1.82) is 0 Å². The molecule has 2 amide bonds. The Morgan fingerprint density at radius 3 is 2.48 bits per heavy atom. The summed E-state index contributed by atoms with van der Waals surface area (Å²) in [5, 5.41) is 5.66. The molecule has 0 bridgehead atoms. The van der Waals surface area contributed by atoms with Crippen molar-refractivity contribution in [2.45, 2.75) is 6.54 Å². The zero-order chi connectivity index (χ0) is 18.9. The Hall–Kier alpha value is -2.64. The second kappa shape index (κ2) is 9.89. The van der Waals surface area contributed by atoms with E-state index in [0.29, 0.717) is 18.1 Å². The average molecular weight is 369 g/mol. The number of pyridine rings is 1. The lowest BCUT2D eigenvalue weighted by atomic mass is 10.2. The predicted molar refractivity (Wildman–Crippen MR) is 106 cm³/mol. The Kier molecular flexibility index (Phi) is 7.01. The van der Waals surface area contributed by atoms with Gasteiger partial charge in [-0.05, 0) is 11.6 Å². The minimum atomic E-state index is -0.218. The fraction of sp³-hybridized carbons (Fsp3) is 0.400. The first-order valence-corrected chi connectivity index (χ1v) is 9.26. The molecule has 0 aliphatic carbocycles. The first-order chi connectivity index (χ1) is 13.2. The summed E-state index contributed by atoms with van der Waals surface area (Å²) in [4.78, 5) is 20.9. The summed E-state index contributed by atoms with van der Waals surface area (Å²) in [6.45, 7) is 6.64. The fourth-order valence-corrected chi connectivity index (χ4v) is 3.09. The van der Waals surface area contributed by atoms with Crippen molar-refractivity contribution < 1.29 is 9.53 Å². The van der Waals surface area contributed by atoms with Gasteiger partial charge in [0.15, 0.2) is 0 Å². The summed E-state index contributed by atoms with van der Waals surface area (Å²) in [5.74, 6) is 0.521. The highest BCUT2D eigenvalue weighted by Gasteiger charge is 2.16. The van der Waals surface area contributed by atoms with Gasteiger partial charge in [-0.1, -0.05) is 30.3 Å². The Morgan fingerprint density at radius 1 is 1.07 bits per heavy atom. The summed E-state index contributed by atoms with van der Waals surface area (Å²) in [6, 6.07) is 13.8. The van der Waals surface area contributed by atoms with Crippen molar-refractivity contribution in [3.8, 4) is 5.88 Å². The van der Waals surface area contributed by atoms with Gasteiger partial charge in [0.1, 0.15) is 0 Å². The molecule has 27 heavy (non-hydrogen) atoms. The fourth-order valence-electron chi connectivity index (χ4n) is 3.09. The molecule has 144 valence electrons. The Morgan fingerprint density at radius 2 is 1.81 bits per heavy atom. The van der Waals surface area contributed by atoms with Crippen LogP contribution >= 0.6 is 0 Å². The van der Waals surface area contributed by atoms with Gasteiger partial charge in [-0.2, -0.15) is 0 Å². The quantitative estimate of drug-likeness (QED) is 0.782. The third-order valence-electron chi connectivity index (χ3n) is 4.63. The summed E-state index contributed by atoms with van der Waals surface area (Å²) in [6.07, 6.45) is 1.57. The smallest absolute Gasteiger partial charge is 0.319 e. The van der Waals surface area contributed by atoms with E-state index in [2.05, 4.69) is 55.7 Å². The van der Waals surface area contributed by atoms with E-state index >= 15 is 0 Å². The Labute approximate surface area is 160 Å². The van der Waals surface area contributed by atoms with Gasteiger partial charge in [0.2, 0.25) is 5.88 Å². The van der Waals surface area contributed by atoms with Crippen LogP contribution in [0.3, 0.4) is 0 Å². The van der Waals surface area contributed by atoms with Gasteiger partial charge in [-0.15, -0.1) is 0 Å². The highest BCUT2D eigenvalue weighted by Crippen LogP contribution is 2.11. The molecule has 1 saturated heterocycles.